The van der Waals surface area contributed by atoms with Crippen LogP contribution < -0.4 is 19.9 Å². The van der Waals surface area contributed by atoms with Gasteiger partial charge >= 0.3 is 0 Å². The van der Waals surface area contributed by atoms with Crippen molar-refractivity contribution in [2.75, 3.05) is 11.9 Å². The van der Waals surface area contributed by atoms with Crippen LogP contribution in [0.1, 0.15) is 25.7 Å². The lowest BCUT2D eigenvalue weighted by Gasteiger charge is -2.06. The Labute approximate surface area is 179 Å². The van der Waals surface area contributed by atoms with E-state index in [9.17, 15) is 4.79 Å². The van der Waals surface area contributed by atoms with Crippen LogP contribution in [0.5, 0.6) is 11.5 Å². The number of nitrogens with one attached hydrogen (secondary N) is 2. The van der Waals surface area contributed by atoms with Crippen LogP contribution in [0.4, 0.5) is 5.13 Å². The first-order valence-electron chi connectivity index (χ1n) is 9.42. The number of thiazole rings is 1. The zero-order chi connectivity index (χ0) is 20.3. The summed E-state index contributed by atoms with van der Waals surface area (Å²) < 4.78 is 8.80. The van der Waals surface area contributed by atoms with Gasteiger partial charge in [-0.15, -0.1) is 11.3 Å². The molecule has 8 heteroatoms. The largest absolute Gasteiger partial charge is 0.457 e. The van der Waals surface area contributed by atoms with E-state index in [1.165, 1.54) is 11.3 Å². The molecule has 0 bridgehead atoms. The number of nitrogens with zero attached hydrogens (tertiary/aromatic N) is 1. The lowest BCUT2D eigenvalue weighted by Crippen LogP contribution is -2.12. The van der Waals surface area contributed by atoms with E-state index in [1.807, 2.05) is 60.0 Å². The van der Waals surface area contributed by atoms with Crippen molar-refractivity contribution < 1.29 is 9.53 Å². The number of hydrogen-bond acceptors (Lipinski definition) is 7. The number of ether oxygens (including phenoxy) is 1. The van der Waals surface area contributed by atoms with E-state index in [1.54, 1.807) is 0 Å². The van der Waals surface area contributed by atoms with E-state index >= 15 is 0 Å². The summed E-state index contributed by atoms with van der Waals surface area (Å²) in [6.07, 6.45) is 3.34. The fourth-order valence-electron chi connectivity index (χ4n) is 2.68. The summed E-state index contributed by atoms with van der Waals surface area (Å²) in [5, 5.41) is 10.7. The molecular weight excluding hydrogens is 404 g/mol. The molecule has 1 aromatic heterocycles. The Morgan fingerprint density at radius 2 is 1.79 bits per heavy atom. The molecular formula is C21H24N4O2S2. The topological polar surface area (TPSA) is 89.3 Å². The minimum atomic E-state index is -0.00123. The maximum Gasteiger partial charge on any atom is 0.226 e. The fourth-order valence-corrected chi connectivity index (χ4v) is 3.68. The van der Waals surface area contributed by atoms with E-state index in [4.69, 9.17) is 9.88 Å². The van der Waals surface area contributed by atoms with E-state index in [0.29, 0.717) is 11.6 Å². The highest BCUT2D eigenvalue weighted by molar-refractivity contribution is 7.95. The Hall–Kier alpha value is -2.39. The number of carbonyl (C=O) groups excluding carboxylic acids is 1. The smallest absolute Gasteiger partial charge is 0.226 e. The Bertz CT molecular complexity index is 885. The lowest BCUT2D eigenvalue weighted by atomic mass is 10.2. The highest BCUT2D eigenvalue weighted by atomic mass is 32.2. The van der Waals surface area contributed by atoms with Crippen molar-refractivity contribution in [3.05, 3.63) is 60.0 Å². The summed E-state index contributed by atoms with van der Waals surface area (Å²) in [4.78, 5) is 16.6. The molecule has 4 N–H and O–H groups in total. The second-order valence-electron chi connectivity index (χ2n) is 6.35. The van der Waals surface area contributed by atoms with Gasteiger partial charge in [0, 0.05) is 36.0 Å². The molecule has 2 aromatic carbocycles. The minimum Gasteiger partial charge on any atom is -0.457 e. The van der Waals surface area contributed by atoms with Gasteiger partial charge in [-0.2, -0.15) is 0 Å². The van der Waals surface area contributed by atoms with Crippen LogP contribution in [0.25, 0.3) is 11.3 Å². The van der Waals surface area contributed by atoms with Gasteiger partial charge in [-0.25, -0.2) is 4.98 Å². The molecule has 0 spiro atoms. The van der Waals surface area contributed by atoms with Crippen LogP contribution in [-0.2, 0) is 4.79 Å². The van der Waals surface area contributed by atoms with Crippen molar-refractivity contribution in [2.45, 2.75) is 25.7 Å². The first-order valence-corrected chi connectivity index (χ1v) is 11.2. The number of nitrogens with two attached hydrogens (primary N) is 1. The summed E-state index contributed by atoms with van der Waals surface area (Å²) >= 11 is 2.55. The minimum absolute atomic E-state index is 0.00123. The van der Waals surface area contributed by atoms with Crippen LogP contribution in [0.15, 0.2) is 60.0 Å². The molecule has 0 aliphatic rings. The maximum atomic E-state index is 12.1. The summed E-state index contributed by atoms with van der Waals surface area (Å²) in [6, 6.07) is 17.4. The molecule has 0 aliphatic carbocycles. The number of aromatic nitrogens is 1. The highest BCUT2D eigenvalue weighted by Crippen LogP contribution is 2.28. The third kappa shape index (κ3) is 7.17. The number of hydrogen-bond donors (Lipinski definition) is 3. The Balaban J connectivity index is 1.47. The van der Waals surface area contributed by atoms with Gasteiger partial charge in [0.15, 0.2) is 5.13 Å². The second kappa shape index (κ2) is 11.6. The Morgan fingerprint density at radius 1 is 1.03 bits per heavy atom. The SMILES string of the molecule is NSNCCCCCC(=O)Nc1nc(-c2ccc(Oc3ccccc3)cc2)cs1. The zero-order valence-electron chi connectivity index (χ0n) is 16.0. The van der Waals surface area contributed by atoms with Crippen molar-refractivity contribution in [3.8, 4) is 22.8 Å². The molecule has 0 aliphatic heterocycles. The van der Waals surface area contributed by atoms with Crippen LogP contribution in [0.2, 0.25) is 0 Å². The predicted molar refractivity (Wildman–Crippen MR) is 121 cm³/mol. The second-order valence-corrected chi connectivity index (χ2v) is 7.73. The van der Waals surface area contributed by atoms with Crippen molar-refractivity contribution in [1.82, 2.24) is 9.71 Å². The van der Waals surface area contributed by atoms with Crippen LogP contribution in [0.3, 0.4) is 0 Å². The third-order valence-electron chi connectivity index (χ3n) is 4.15. The zero-order valence-corrected chi connectivity index (χ0v) is 17.6. The third-order valence-corrected chi connectivity index (χ3v) is 5.27. The molecule has 1 heterocycles. The monoisotopic (exact) mass is 428 g/mol. The molecule has 6 nitrogen and oxygen atoms in total. The van der Waals surface area contributed by atoms with Crippen molar-refractivity contribution in [1.29, 1.82) is 0 Å². The molecule has 3 rings (SSSR count). The van der Waals surface area contributed by atoms with Gasteiger partial charge in [-0.05, 0) is 49.2 Å². The fraction of sp³-hybridized carbons (Fsp3) is 0.238. The van der Waals surface area contributed by atoms with Gasteiger partial charge in [0.1, 0.15) is 11.5 Å². The van der Waals surface area contributed by atoms with Gasteiger partial charge in [0.25, 0.3) is 0 Å². The summed E-state index contributed by atoms with van der Waals surface area (Å²) in [5.41, 5.74) is 1.81. The molecule has 0 unspecified atom stereocenters. The molecule has 3 aromatic rings. The molecule has 0 radical (unpaired) electrons. The Kier molecular flexibility index (Phi) is 8.51. The molecule has 1 amide bonds. The lowest BCUT2D eigenvalue weighted by molar-refractivity contribution is -0.116. The number of benzene rings is 2. The van der Waals surface area contributed by atoms with E-state index in [0.717, 1.165) is 60.7 Å². The first kappa shape index (κ1) is 21.3. The number of amides is 1. The van der Waals surface area contributed by atoms with Gasteiger partial charge in [-0.1, -0.05) is 24.6 Å². The quantitative estimate of drug-likeness (QED) is 0.287. The van der Waals surface area contributed by atoms with Gasteiger partial charge in [-0.3, -0.25) is 14.7 Å². The van der Waals surface area contributed by atoms with Crippen molar-refractivity contribution in [2.24, 2.45) is 5.14 Å². The molecule has 152 valence electrons. The molecule has 0 saturated heterocycles. The van der Waals surface area contributed by atoms with Gasteiger partial charge in [0.2, 0.25) is 5.91 Å². The van der Waals surface area contributed by atoms with E-state index < -0.39 is 0 Å². The van der Waals surface area contributed by atoms with Crippen molar-refractivity contribution >= 4 is 34.5 Å². The van der Waals surface area contributed by atoms with Gasteiger partial charge in [0.05, 0.1) is 5.69 Å². The van der Waals surface area contributed by atoms with Crippen molar-refractivity contribution in [3.63, 3.8) is 0 Å². The number of para-hydroxylation sites is 1. The van der Waals surface area contributed by atoms with E-state index in [2.05, 4.69) is 15.0 Å². The van der Waals surface area contributed by atoms with Gasteiger partial charge < -0.3 is 10.1 Å². The standard InChI is InChI=1S/C21H24N4O2S2/c22-29-23-14-6-2-5-9-20(26)25-21-24-19(15-28-21)16-10-12-18(13-11-16)27-17-7-3-1-4-8-17/h1,3-4,7-8,10-13,15,23H,2,5-6,9,14,22H2,(H,24,25,26). The molecule has 0 atom stereocenters. The normalized spacial score (nSPS) is 10.7. The number of rotatable bonds is 11. The average molecular weight is 429 g/mol. The number of anilines is 1. The molecule has 29 heavy (non-hydrogen) atoms. The van der Waals surface area contributed by atoms with E-state index in [-0.39, 0.29) is 5.91 Å². The van der Waals surface area contributed by atoms with Crippen LogP contribution in [0, 0.1) is 0 Å². The van der Waals surface area contributed by atoms with Crippen LogP contribution >= 0.6 is 23.5 Å². The predicted octanol–water partition coefficient (Wildman–Crippen LogP) is 5.21. The molecule has 0 saturated carbocycles. The first-order chi connectivity index (χ1) is 14.2. The van der Waals surface area contributed by atoms with Crippen LogP contribution in [-0.4, -0.2) is 17.4 Å². The summed E-state index contributed by atoms with van der Waals surface area (Å²) in [5.74, 6) is 1.57. The summed E-state index contributed by atoms with van der Waals surface area (Å²) in [6.45, 7) is 0.855. The summed E-state index contributed by atoms with van der Waals surface area (Å²) in [7, 11) is 0. The Morgan fingerprint density at radius 3 is 2.55 bits per heavy atom. The molecule has 0 fully saturated rings. The average Bonchev–Trinajstić information content (AvgIpc) is 3.20. The number of carbonyl (C=O) groups is 1. The number of unbranched alkanes of at least 4 members (excludes halogenated alkanes) is 2. The maximum absolute atomic E-state index is 12.1. The highest BCUT2D eigenvalue weighted by Gasteiger charge is 2.08.